The number of hydrogen-bond donors (Lipinski definition) is 2. The van der Waals surface area contributed by atoms with E-state index in [-0.39, 0.29) is 18.5 Å². The van der Waals surface area contributed by atoms with Crippen LogP contribution in [0.4, 0.5) is 5.69 Å². The van der Waals surface area contributed by atoms with Gasteiger partial charge in [0.05, 0.1) is 19.2 Å². The molecule has 0 aromatic heterocycles. The Morgan fingerprint density at radius 2 is 1.88 bits per heavy atom. The van der Waals surface area contributed by atoms with E-state index >= 15 is 0 Å². The number of hydrogen-bond acceptors (Lipinski definition) is 3. The van der Waals surface area contributed by atoms with Crippen LogP contribution in [0.25, 0.3) is 0 Å². The molecular formula is C21H28N2O2. The Bertz CT molecular complexity index is 643. The predicted molar refractivity (Wildman–Crippen MR) is 103 cm³/mol. The van der Waals surface area contributed by atoms with Gasteiger partial charge < -0.3 is 15.4 Å². The van der Waals surface area contributed by atoms with E-state index in [4.69, 9.17) is 4.74 Å². The van der Waals surface area contributed by atoms with E-state index in [2.05, 4.69) is 24.5 Å². The van der Waals surface area contributed by atoms with Crippen LogP contribution >= 0.6 is 0 Å². The highest BCUT2D eigenvalue weighted by atomic mass is 16.5. The summed E-state index contributed by atoms with van der Waals surface area (Å²) >= 11 is 0. The average molecular weight is 340 g/mol. The molecule has 2 rings (SSSR count). The summed E-state index contributed by atoms with van der Waals surface area (Å²) in [5.41, 5.74) is 2.02. The largest absolute Gasteiger partial charge is 0.494 e. The fourth-order valence-corrected chi connectivity index (χ4v) is 2.56. The number of ether oxygens (including phenoxy) is 1. The molecular weight excluding hydrogens is 312 g/mol. The fraction of sp³-hybridized carbons (Fsp3) is 0.381. The van der Waals surface area contributed by atoms with Crippen LogP contribution in [0.5, 0.6) is 5.75 Å². The maximum Gasteiger partial charge on any atom is 0.239 e. The van der Waals surface area contributed by atoms with E-state index in [9.17, 15) is 4.79 Å². The zero-order chi connectivity index (χ0) is 17.9. The third-order valence-corrected chi connectivity index (χ3v) is 4.00. The van der Waals surface area contributed by atoms with E-state index in [1.807, 2.05) is 54.6 Å². The van der Waals surface area contributed by atoms with Crippen LogP contribution in [0.15, 0.2) is 54.6 Å². The molecule has 134 valence electrons. The van der Waals surface area contributed by atoms with Crippen molar-refractivity contribution in [1.29, 1.82) is 0 Å². The molecule has 0 aliphatic heterocycles. The molecule has 0 fully saturated rings. The number of carbonyl (C=O) groups excluding carboxylic acids is 1. The number of anilines is 1. The highest BCUT2D eigenvalue weighted by molar-refractivity contribution is 5.81. The summed E-state index contributed by atoms with van der Waals surface area (Å²) in [5, 5.41) is 6.24. The molecule has 2 N–H and O–H groups in total. The van der Waals surface area contributed by atoms with Gasteiger partial charge in [-0.15, -0.1) is 0 Å². The lowest BCUT2D eigenvalue weighted by atomic mass is 10.0. The normalized spacial score (nSPS) is 11.6. The molecule has 0 saturated heterocycles. The van der Waals surface area contributed by atoms with Crippen LogP contribution < -0.4 is 15.4 Å². The van der Waals surface area contributed by atoms with Crippen molar-refractivity contribution >= 4 is 11.6 Å². The fourth-order valence-electron chi connectivity index (χ4n) is 2.56. The maximum absolute atomic E-state index is 12.2. The van der Waals surface area contributed by atoms with Gasteiger partial charge in [0.15, 0.2) is 0 Å². The van der Waals surface area contributed by atoms with E-state index in [1.54, 1.807) is 0 Å². The second-order valence-electron chi connectivity index (χ2n) is 6.02. The Balaban J connectivity index is 1.84. The molecule has 0 spiro atoms. The zero-order valence-corrected chi connectivity index (χ0v) is 15.1. The third-order valence-electron chi connectivity index (χ3n) is 4.00. The van der Waals surface area contributed by atoms with Gasteiger partial charge in [0.2, 0.25) is 5.91 Å². The SMILES string of the molecule is CCCCOc1cccc(NCC(=O)NC(CC)c2ccccc2)c1. The molecule has 0 aliphatic carbocycles. The number of nitrogens with one attached hydrogen (secondary N) is 2. The van der Waals surface area contributed by atoms with Crippen molar-refractivity contribution in [2.75, 3.05) is 18.5 Å². The van der Waals surface area contributed by atoms with Crippen molar-refractivity contribution in [2.45, 2.75) is 39.2 Å². The Labute approximate surface area is 150 Å². The van der Waals surface area contributed by atoms with Crippen molar-refractivity contribution in [3.8, 4) is 5.75 Å². The number of unbranched alkanes of at least 4 members (excludes halogenated alkanes) is 1. The van der Waals surface area contributed by atoms with Crippen LogP contribution in [-0.2, 0) is 4.79 Å². The van der Waals surface area contributed by atoms with Gasteiger partial charge >= 0.3 is 0 Å². The first-order valence-electron chi connectivity index (χ1n) is 9.04. The second kappa shape index (κ2) is 10.4. The van der Waals surface area contributed by atoms with Gasteiger partial charge in [0.1, 0.15) is 5.75 Å². The van der Waals surface area contributed by atoms with Crippen LogP contribution in [0.3, 0.4) is 0 Å². The molecule has 0 aliphatic rings. The van der Waals surface area contributed by atoms with Crippen LogP contribution in [0, 0.1) is 0 Å². The molecule has 1 unspecified atom stereocenters. The summed E-state index contributed by atoms with van der Waals surface area (Å²) < 4.78 is 5.69. The number of carbonyl (C=O) groups is 1. The molecule has 2 aromatic carbocycles. The lowest BCUT2D eigenvalue weighted by Gasteiger charge is -2.18. The monoisotopic (exact) mass is 340 g/mol. The van der Waals surface area contributed by atoms with Gasteiger partial charge in [-0.25, -0.2) is 0 Å². The molecule has 4 nitrogen and oxygen atoms in total. The average Bonchev–Trinajstić information content (AvgIpc) is 2.66. The molecule has 1 atom stereocenters. The minimum absolute atomic E-state index is 0.0204. The second-order valence-corrected chi connectivity index (χ2v) is 6.02. The Morgan fingerprint density at radius 1 is 1.08 bits per heavy atom. The number of benzene rings is 2. The van der Waals surface area contributed by atoms with E-state index in [1.165, 1.54) is 0 Å². The minimum Gasteiger partial charge on any atom is -0.494 e. The molecule has 4 heteroatoms. The molecule has 2 aromatic rings. The van der Waals surface area contributed by atoms with Crippen molar-refractivity contribution in [3.05, 3.63) is 60.2 Å². The quantitative estimate of drug-likeness (QED) is 0.624. The highest BCUT2D eigenvalue weighted by Crippen LogP contribution is 2.18. The summed E-state index contributed by atoms with van der Waals surface area (Å²) in [6.07, 6.45) is 3.01. The number of rotatable bonds is 10. The molecule has 25 heavy (non-hydrogen) atoms. The molecule has 0 radical (unpaired) electrons. The lowest BCUT2D eigenvalue weighted by Crippen LogP contribution is -2.33. The van der Waals surface area contributed by atoms with Gasteiger partial charge in [0.25, 0.3) is 0 Å². The molecule has 1 amide bonds. The molecule has 0 bridgehead atoms. The van der Waals surface area contributed by atoms with Crippen molar-refractivity contribution < 1.29 is 9.53 Å². The van der Waals surface area contributed by atoms with Crippen LogP contribution in [0.2, 0.25) is 0 Å². The Kier molecular flexibility index (Phi) is 7.83. The third kappa shape index (κ3) is 6.49. The van der Waals surface area contributed by atoms with Gasteiger partial charge in [-0.3, -0.25) is 4.79 Å². The first kappa shape index (κ1) is 18.8. The minimum atomic E-state index is -0.0204. The first-order chi connectivity index (χ1) is 12.2. The lowest BCUT2D eigenvalue weighted by molar-refractivity contribution is -0.120. The first-order valence-corrected chi connectivity index (χ1v) is 9.04. The van der Waals surface area contributed by atoms with Gasteiger partial charge in [0, 0.05) is 11.8 Å². The Morgan fingerprint density at radius 3 is 2.60 bits per heavy atom. The zero-order valence-electron chi connectivity index (χ0n) is 15.1. The van der Waals surface area contributed by atoms with Crippen LogP contribution in [-0.4, -0.2) is 19.1 Å². The van der Waals surface area contributed by atoms with E-state index in [0.717, 1.165) is 42.9 Å². The highest BCUT2D eigenvalue weighted by Gasteiger charge is 2.12. The van der Waals surface area contributed by atoms with Gasteiger partial charge in [-0.05, 0) is 30.5 Å². The summed E-state index contributed by atoms with van der Waals surface area (Å²) in [7, 11) is 0. The van der Waals surface area contributed by atoms with Gasteiger partial charge in [-0.1, -0.05) is 56.7 Å². The Hall–Kier alpha value is -2.49. The smallest absolute Gasteiger partial charge is 0.239 e. The summed E-state index contributed by atoms with van der Waals surface area (Å²) in [4.78, 5) is 12.2. The topological polar surface area (TPSA) is 50.4 Å². The summed E-state index contributed by atoms with van der Waals surface area (Å²) in [5.74, 6) is 0.808. The standard InChI is InChI=1S/C21H28N2O2/c1-3-5-14-25-19-13-9-12-18(15-19)22-16-21(24)23-20(4-2)17-10-7-6-8-11-17/h6-13,15,20,22H,3-5,14,16H2,1-2H3,(H,23,24). The van der Waals surface area contributed by atoms with Crippen molar-refractivity contribution in [1.82, 2.24) is 5.32 Å². The molecule has 0 heterocycles. The van der Waals surface area contributed by atoms with Crippen molar-refractivity contribution in [2.24, 2.45) is 0 Å². The summed E-state index contributed by atoms with van der Waals surface area (Å²) in [6, 6.07) is 17.8. The van der Waals surface area contributed by atoms with Gasteiger partial charge in [-0.2, -0.15) is 0 Å². The van der Waals surface area contributed by atoms with Crippen molar-refractivity contribution in [3.63, 3.8) is 0 Å². The van der Waals surface area contributed by atoms with E-state index < -0.39 is 0 Å². The number of amides is 1. The van der Waals surface area contributed by atoms with E-state index in [0.29, 0.717) is 0 Å². The van der Waals surface area contributed by atoms with Crippen LogP contribution in [0.1, 0.15) is 44.7 Å². The predicted octanol–water partition coefficient (Wildman–Crippen LogP) is 4.54. The molecule has 0 saturated carbocycles. The summed E-state index contributed by atoms with van der Waals surface area (Å²) in [6.45, 7) is 5.17. The maximum atomic E-state index is 12.2.